The van der Waals surface area contributed by atoms with E-state index in [9.17, 15) is 0 Å². The summed E-state index contributed by atoms with van der Waals surface area (Å²) in [5.41, 5.74) is 2.84. The highest BCUT2D eigenvalue weighted by molar-refractivity contribution is 9.10. The van der Waals surface area contributed by atoms with Crippen LogP contribution < -0.4 is 5.32 Å². The first kappa shape index (κ1) is 14.1. The maximum atomic E-state index is 4.57. The van der Waals surface area contributed by atoms with Crippen LogP contribution in [0.2, 0.25) is 0 Å². The first-order valence-electron chi connectivity index (χ1n) is 7.23. The second kappa shape index (κ2) is 5.62. The SMILES string of the molecule is Cn1nc(Br)c2c(NCCc3nc4ccccc4[nH]3)ncnc21. The molecule has 8 heteroatoms. The van der Waals surface area contributed by atoms with Crippen LogP contribution in [-0.4, -0.2) is 36.3 Å². The second-order valence-electron chi connectivity index (χ2n) is 5.21. The van der Waals surface area contributed by atoms with Crippen LogP contribution in [0.4, 0.5) is 5.82 Å². The minimum Gasteiger partial charge on any atom is -0.369 e. The van der Waals surface area contributed by atoms with Crippen molar-refractivity contribution >= 4 is 43.8 Å². The first-order chi connectivity index (χ1) is 11.2. The van der Waals surface area contributed by atoms with E-state index >= 15 is 0 Å². The number of para-hydroxylation sites is 2. The largest absolute Gasteiger partial charge is 0.369 e. The summed E-state index contributed by atoms with van der Waals surface area (Å²) in [6.45, 7) is 0.716. The zero-order valence-electron chi connectivity index (χ0n) is 12.4. The molecule has 7 nitrogen and oxygen atoms in total. The molecule has 0 saturated carbocycles. The fourth-order valence-corrected chi connectivity index (χ4v) is 3.20. The van der Waals surface area contributed by atoms with E-state index in [0.717, 1.165) is 44.7 Å². The van der Waals surface area contributed by atoms with Crippen LogP contribution in [-0.2, 0) is 13.5 Å². The molecule has 0 aliphatic rings. The van der Waals surface area contributed by atoms with E-state index in [-0.39, 0.29) is 0 Å². The molecule has 4 rings (SSSR count). The molecule has 1 aromatic carbocycles. The highest BCUT2D eigenvalue weighted by Crippen LogP contribution is 2.26. The molecular formula is C15H14BrN7. The van der Waals surface area contributed by atoms with E-state index in [1.54, 1.807) is 11.0 Å². The number of aryl methyl sites for hydroxylation is 1. The molecular weight excluding hydrogens is 358 g/mol. The van der Waals surface area contributed by atoms with Crippen molar-refractivity contribution < 1.29 is 0 Å². The van der Waals surface area contributed by atoms with Crippen LogP contribution in [0.5, 0.6) is 0 Å². The van der Waals surface area contributed by atoms with Crippen molar-refractivity contribution in [2.45, 2.75) is 6.42 Å². The van der Waals surface area contributed by atoms with Gasteiger partial charge in [0.15, 0.2) is 5.65 Å². The predicted octanol–water partition coefficient (Wildman–Crippen LogP) is 2.66. The number of halogens is 1. The van der Waals surface area contributed by atoms with Gasteiger partial charge in [0.2, 0.25) is 0 Å². The van der Waals surface area contributed by atoms with Crippen molar-refractivity contribution in [3.8, 4) is 0 Å². The van der Waals surface area contributed by atoms with Gasteiger partial charge in [0.05, 0.1) is 16.4 Å². The molecule has 0 aliphatic heterocycles. The van der Waals surface area contributed by atoms with Gasteiger partial charge in [-0.3, -0.25) is 0 Å². The number of nitrogens with zero attached hydrogens (tertiary/aromatic N) is 5. The summed E-state index contributed by atoms with van der Waals surface area (Å²) in [7, 11) is 1.86. The summed E-state index contributed by atoms with van der Waals surface area (Å²) in [6.07, 6.45) is 2.32. The number of aromatic nitrogens is 6. The van der Waals surface area contributed by atoms with Crippen LogP contribution >= 0.6 is 15.9 Å². The van der Waals surface area contributed by atoms with E-state index in [0.29, 0.717) is 6.54 Å². The van der Waals surface area contributed by atoms with Gasteiger partial charge < -0.3 is 10.3 Å². The van der Waals surface area contributed by atoms with Gasteiger partial charge in [0.1, 0.15) is 22.6 Å². The van der Waals surface area contributed by atoms with Crippen LogP contribution in [0.1, 0.15) is 5.82 Å². The van der Waals surface area contributed by atoms with E-state index in [4.69, 9.17) is 0 Å². The molecule has 2 N–H and O–H groups in total. The summed E-state index contributed by atoms with van der Waals surface area (Å²) >= 11 is 3.46. The Balaban J connectivity index is 1.53. The fraction of sp³-hybridized carbons (Fsp3) is 0.200. The molecule has 0 atom stereocenters. The van der Waals surface area contributed by atoms with Crippen molar-refractivity contribution in [3.63, 3.8) is 0 Å². The Morgan fingerprint density at radius 2 is 2.13 bits per heavy atom. The van der Waals surface area contributed by atoms with Crippen LogP contribution in [0, 0.1) is 0 Å². The minimum absolute atomic E-state index is 0.716. The third kappa shape index (κ3) is 2.55. The number of aromatic amines is 1. The van der Waals surface area contributed by atoms with Crippen molar-refractivity contribution in [2.75, 3.05) is 11.9 Å². The molecule has 0 bridgehead atoms. The molecule has 0 unspecified atom stereocenters. The maximum Gasteiger partial charge on any atom is 0.164 e. The van der Waals surface area contributed by atoms with Crippen LogP contribution in [0.15, 0.2) is 35.2 Å². The standard InChI is InChI=1S/C15H14BrN7/c1-23-15-12(13(16)22-23)14(18-8-19-15)17-7-6-11-20-9-4-2-3-5-10(9)21-11/h2-5,8H,6-7H2,1H3,(H,20,21)(H,17,18,19). The van der Waals surface area contributed by atoms with E-state index in [2.05, 4.69) is 46.3 Å². The van der Waals surface area contributed by atoms with Crippen molar-refractivity contribution in [3.05, 3.63) is 41.0 Å². The Morgan fingerprint density at radius 1 is 1.26 bits per heavy atom. The molecule has 0 fully saturated rings. The highest BCUT2D eigenvalue weighted by Gasteiger charge is 2.13. The van der Waals surface area contributed by atoms with Gasteiger partial charge in [-0.2, -0.15) is 5.10 Å². The van der Waals surface area contributed by atoms with E-state index < -0.39 is 0 Å². The Morgan fingerprint density at radius 3 is 3.00 bits per heavy atom. The number of hydrogen-bond donors (Lipinski definition) is 2. The second-order valence-corrected chi connectivity index (χ2v) is 5.96. The third-order valence-electron chi connectivity index (χ3n) is 3.67. The van der Waals surface area contributed by atoms with Crippen molar-refractivity contribution in [1.29, 1.82) is 0 Å². The lowest BCUT2D eigenvalue weighted by atomic mass is 10.3. The number of anilines is 1. The summed E-state index contributed by atoms with van der Waals surface area (Å²) in [6, 6.07) is 8.02. The summed E-state index contributed by atoms with van der Waals surface area (Å²) in [5, 5.41) is 8.55. The van der Waals surface area contributed by atoms with E-state index in [1.807, 2.05) is 31.3 Å². The molecule has 0 radical (unpaired) electrons. The van der Waals surface area contributed by atoms with Gasteiger partial charge in [-0.05, 0) is 28.1 Å². The van der Waals surface area contributed by atoms with Crippen LogP contribution in [0.3, 0.4) is 0 Å². The normalized spacial score (nSPS) is 11.4. The Bertz CT molecular complexity index is 955. The lowest BCUT2D eigenvalue weighted by molar-refractivity contribution is 0.777. The lowest BCUT2D eigenvalue weighted by Gasteiger charge is -2.05. The number of rotatable bonds is 4. The molecule has 3 heterocycles. The van der Waals surface area contributed by atoms with Gasteiger partial charge in [0, 0.05) is 20.0 Å². The molecule has 0 amide bonds. The molecule has 4 aromatic rings. The molecule has 0 aliphatic carbocycles. The monoisotopic (exact) mass is 371 g/mol. The minimum atomic E-state index is 0.716. The zero-order chi connectivity index (χ0) is 15.8. The Hall–Kier alpha value is -2.48. The van der Waals surface area contributed by atoms with Gasteiger partial charge in [-0.25, -0.2) is 19.6 Å². The van der Waals surface area contributed by atoms with Crippen molar-refractivity contribution in [2.24, 2.45) is 7.05 Å². The maximum absolute atomic E-state index is 4.57. The molecule has 116 valence electrons. The average molecular weight is 372 g/mol. The number of fused-ring (bicyclic) bond motifs is 2. The van der Waals surface area contributed by atoms with Gasteiger partial charge in [-0.15, -0.1) is 0 Å². The third-order valence-corrected chi connectivity index (χ3v) is 4.23. The van der Waals surface area contributed by atoms with Crippen LogP contribution in [0.25, 0.3) is 22.1 Å². The van der Waals surface area contributed by atoms with Crippen molar-refractivity contribution in [1.82, 2.24) is 29.7 Å². The number of nitrogens with one attached hydrogen (secondary N) is 2. The summed E-state index contributed by atoms with van der Waals surface area (Å²) in [5.74, 6) is 1.72. The summed E-state index contributed by atoms with van der Waals surface area (Å²) in [4.78, 5) is 16.5. The average Bonchev–Trinajstić information content (AvgIpc) is 3.09. The fourth-order valence-electron chi connectivity index (χ4n) is 2.60. The van der Waals surface area contributed by atoms with Gasteiger partial charge in [-0.1, -0.05) is 12.1 Å². The first-order valence-corrected chi connectivity index (χ1v) is 8.02. The molecule has 3 aromatic heterocycles. The Kier molecular flexibility index (Phi) is 3.45. The summed E-state index contributed by atoms with van der Waals surface area (Å²) < 4.78 is 2.47. The number of H-pyrrole nitrogens is 1. The number of imidazole rings is 1. The lowest BCUT2D eigenvalue weighted by Crippen LogP contribution is -2.08. The molecule has 23 heavy (non-hydrogen) atoms. The number of hydrogen-bond acceptors (Lipinski definition) is 5. The van der Waals surface area contributed by atoms with E-state index in [1.165, 1.54) is 0 Å². The quantitative estimate of drug-likeness (QED) is 0.575. The zero-order valence-corrected chi connectivity index (χ0v) is 14.0. The number of benzene rings is 1. The molecule has 0 saturated heterocycles. The molecule has 0 spiro atoms. The van der Waals surface area contributed by atoms with Gasteiger partial charge >= 0.3 is 0 Å². The highest BCUT2D eigenvalue weighted by atomic mass is 79.9. The predicted molar refractivity (Wildman–Crippen MR) is 92.3 cm³/mol. The smallest absolute Gasteiger partial charge is 0.164 e. The Labute approximate surface area is 140 Å². The van der Waals surface area contributed by atoms with Gasteiger partial charge in [0.25, 0.3) is 0 Å². The topological polar surface area (TPSA) is 84.3 Å².